The molecule has 1 aromatic carbocycles. The number of carbonyl (C=O) groups excluding carboxylic acids is 1. The summed E-state index contributed by atoms with van der Waals surface area (Å²) in [5, 5.41) is 19.6. The van der Waals surface area contributed by atoms with Gasteiger partial charge in [-0.2, -0.15) is 0 Å². The van der Waals surface area contributed by atoms with Crippen LogP contribution in [0.2, 0.25) is 0 Å². The number of hydrogen-bond acceptors (Lipinski definition) is 4. The Labute approximate surface area is 115 Å². The molecule has 1 atom stereocenters. The molecule has 7 heteroatoms. The first-order valence-corrected chi connectivity index (χ1v) is 5.80. The third-order valence-corrected chi connectivity index (χ3v) is 2.56. The van der Waals surface area contributed by atoms with Crippen molar-refractivity contribution in [3.8, 4) is 5.75 Å². The second-order valence-corrected chi connectivity index (χ2v) is 4.04. The predicted molar refractivity (Wildman–Crippen MR) is 68.5 cm³/mol. The molecule has 0 radical (unpaired) electrons. The van der Waals surface area contributed by atoms with Crippen molar-refractivity contribution in [2.75, 3.05) is 7.11 Å². The fourth-order valence-electron chi connectivity index (χ4n) is 1.64. The van der Waals surface area contributed by atoms with E-state index in [1.54, 1.807) is 24.3 Å². The monoisotopic (exact) mass is 281 g/mol. The molecule has 0 saturated carbocycles. The second kappa shape index (κ2) is 7.13. The number of para-hydroxylation sites is 1. The van der Waals surface area contributed by atoms with Crippen LogP contribution < -0.4 is 10.1 Å². The van der Waals surface area contributed by atoms with E-state index in [2.05, 4.69) is 5.32 Å². The highest BCUT2D eigenvalue weighted by Crippen LogP contribution is 2.17. The van der Waals surface area contributed by atoms with Gasteiger partial charge >= 0.3 is 11.9 Å². The number of carbonyl (C=O) groups is 3. The van der Waals surface area contributed by atoms with E-state index in [1.165, 1.54) is 7.11 Å². The summed E-state index contributed by atoms with van der Waals surface area (Å²) in [6.07, 6.45) is -0.763. The number of benzene rings is 1. The van der Waals surface area contributed by atoms with Crippen LogP contribution in [0, 0.1) is 0 Å². The lowest BCUT2D eigenvalue weighted by Crippen LogP contribution is -2.42. The maximum absolute atomic E-state index is 11.8. The normalized spacial score (nSPS) is 11.4. The smallest absolute Gasteiger partial charge is 0.326 e. The van der Waals surface area contributed by atoms with Crippen LogP contribution in [0.3, 0.4) is 0 Å². The van der Waals surface area contributed by atoms with Gasteiger partial charge in [0.2, 0.25) is 5.91 Å². The largest absolute Gasteiger partial charge is 0.496 e. The molecule has 1 rings (SSSR count). The summed E-state index contributed by atoms with van der Waals surface area (Å²) in [6, 6.07) is 5.36. The van der Waals surface area contributed by atoms with Crippen LogP contribution in [-0.2, 0) is 20.8 Å². The molecule has 20 heavy (non-hydrogen) atoms. The van der Waals surface area contributed by atoms with Crippen molar-refractivity contribution < 1.29 is 29.3 Å². The van der Waals surface area contributed by atoms with Crippen LogP contribution >= 0.6 is 0 Å². The van der Waals surface area contributed by atoms with Gasteiger partial charge in [0.15, 0.2) is 0 Å². The zero-order valence-corrected chi connectivity index (χ0v) is 10.8. The number of carboxylic acid groups (broad SMARTS) is 2. The van der Waals surface area contributed by atoms with Crippen LogP contribution in [0.1, 0.15) is 12.0 Å². The van der Waals surface area contributed by atoms with Crippen molar-refractivity contribution in [1.82, 2.24) is 5.32 Å². The molecule has 0 aromatic heterocycles. The Morgan fingerprint density at radius 3 is 2.45 bits per heavy atom. The van der Waals surface area contributed by atoms with E-state index in [0.29, 0.717) is 11.3 Å². The van der Waals surface area contributed by atoms with Gasteiger partial charge in [0.05, 0.1) is 20.0 Å². The van der Waals surface area contributed by atoms with Crippen LogP contribution in [0.25, 0.3) is 0 Å². The summed E-state index contributed by atoms with van der Waals surface area (Å²) in [5.74, 6) is -2.76. The minimum atomic E-state index is -1.45. The maximum atomic E-state index is 11.8. The fourth-order valence-corrected chi connectivity index (χ4v) is 1.64. The van der Waals surface area contributed by atoms with Crippen molar-refractivity contribution in [2.45, 2.75) is 18.9 Å². The van der Waals surface area contributed by atoms with Gasteiger partial charge in [0.25, 0.3) is 0 Å². The van der Waals surface area contributed by atoms with Gasteiger partial charge in [-0.3, -0.25) is 9.59 Å². The molecular formula is C13H15NO6. The predicted octanol–water partition coefficient (Wildman–Crippen LogP) is 0.282. The van der Waals surface area contributed by atoms with Gasteiger partial charge in [0, 0.05) is 5.56 Å². The Hall–Kier alpha value is -2.57. The highest BCUT2D eigenvalue weighted by Gasteiger charge is 2.23. The van der Waals surface area contributed by atoms with Gasteiger partial charge in [-0.15, -0.1) is 0 Å². The van der Waals surface area contributed by atoms with Gasteiger partial charge in [0.1, 0.15) is 11.8 Å². The number of methoxy groups -OCH3 is 1. The average molecular weight is 281 g/mol. The van der Waals surface area contributed by atoms with Crippen molar-refractivity contribution >= 4 is 17.8 Å². The van der Waals surface area contributed by atoms with Crippen LogP contribution in [0.5, 0.6) is 5.75 Å². The van der Waals surface area contributed by atoms with E-state index in [-0.39, 0.29) is 6.42 Å². The van der Waals surface area contributed by atoms with Gasteiger partial charge in [-0.05, 0) is 6.07 Å². The molecule has 0 heterocycles. The summed E-state index contributed by atoms with van der Waals surface area (Å²) in [4.78, 5) is 33.1. The van der Waals surface area contributed by atoms with Gasteiger partial charge in [-0.25, -0.2) is 4.79 Å². The quantitative estimate of drug-likeness (QED) is 0.661. The molecule has 7 nitrogen and oxygen atoms in total. The molecule has 0 saturated heterocycles. The number of ether oxygens (including phenoxy) is 1. The molecule has 0 aliphatic carbocycles. The SMILES string of the molecule is COc1ccccc1CC(=O)N[C@H](CC(=O)O)C(=O)O. The second-order valence-electron chi connectivity index (χ2n) is 4.04. The molecule has 0 bridgehead atoms. The van der Waals surface area contributed by atoms with Crippen LogP contribution in [0.4, 0.5) is 0 Å². The van der Waals surface area contributed by atoms with Crippen molar-refractivity contribution in [3.05, 3.63) is 29.8 Å². The molecular weight excluding hydrogens is 266 g/mol. The highest BCUT2D eigenvalue weighted by atomic mass is 16.5. The molecule has 108 valence electrons. The number of hydrogen-bond donors (Lipinski definition) is 3. The maximum Gasteiger partial charge on any atom is 0.326 e. The number of amides is 1. The summed E-state index contributed by atoms with van der Waals surface area (Å²) in [7, 11) is 1.46. The minimum absolute atomic E-state index is 0.0899. The first-order valence-electron chi connectivity index (χ1n) is 5.80. The number of nitrogens with one attached hydrogen (secondary N) is 1. The number of carboxylic acids is 2. The van der Waals surface area contributed by atoms with E-state index in [1.807, 2.05) is 0 Å². The Balaban J connectivity index is 2.70. The molecule has 3 N–H and O–H groups in total. The summed E-state index contributed by atoms with van der Waals surface area (Å²) < 4.78 is 5.07. The molecule has 1 amide bonds. The lowest BCUT2D eigenvalue weighted by atomic mass is 10.1. The summed E-state index contributed by atoms with van der Waals surface area (Å²) in [5.41, 5.74) is 0.590. The van der Waals surface area contributed by atoms with E-state index >= 15 is 0 Å². The molecule has 0 unspecified atom stereocenters. The van der Waals surface area contributed by atoms with Crippen LogP contribution in [0.15, 0.2) is 24.3 Å². The Bertz CT molecular complexity index is 513. The Morgan fingerprint density at radius 1 is 1.25 bits per heavy atom. The Morgan fingerprint density at radius 2 is 1.90 bits per heavy atom. The van der Waals surface area contributed by atoms with E-state index in [4.69, 9.17) is 14.9 Å². The molecule has 1 aromatic rings. The molecule has 0 fully saturated rings. The van der Waals surface area contributed by atoms with Gasteiger partial charge < -0.3 is 20.3 Å². The Kier molecular flexibility index (Phi) is 5.52. The standard InChI is InChI=1S/C13H15NO6/c1-20-10-5-3-2-4-8(10)6-11(15)14-9(13(18)19)7-12(16)17/h2-5,9H,6-7H2,1H3,(H,14,15)(H,16,17)(H,18,19)/t9-/m1/s1. The lowest BCUT2D eigenvalue weighted by Gasteiger charge is -2.13. The lowest BCUT2D eigenvalue weighted by molar-refractivity contribution is -0.147. The third-order valence-electron chi connectivity index (χ3n) is 2.56. The highest BCUT2D eigenvalue weighted by molar-refractivity contribution is 5.87. The average Bonchev–Trinajstić information content (AvgIpc) is 2.37. The first-order chi connectivity index (χ1) is 9.43. The van der Waals surface area contributed by atoms with Crippen molar-refractivity contribution in [2.24, 2.45) is 0 Å². The van der Waals surface area contributed by atoms with E-state index < -0.39 is 30.3 Å². The summed E-state index contributed by atoms with van der Waals surface area (Å²) in [6.45, 7) is 0. The van der Waals surface area contributed by atoms with Crippen LogP contribution in [-0.4, -0.2) is 41.2 Å². The molecule has 0 spiro atoms. The fraction of sp³-hybridized carbons (Fsp3) is 0.308. The third kappa shape index (κ3) is 4.60. The summed E-state index contributed by atoms with van der Waals surface area (Å²) >= 11 is 0. The van der Waals surface area contributed by atoms with Gasteiger partial charge in [-0.1, -0.05) is 18.2 Å². The van der Waals surface area contributed by atoms with Crippen molar-refractivity contribution in [3.63, 3.8) is 0 Å². The minimum Gasteiger partial charge on any atom is -0.496 e. The number of aliphatic carboxylic acids is 2. The topological polar surface area (TPSA) is 113 Å². The first kappa shape index (κ1) is 15.5. The number of rotatable bonds is 7. The van der Waals surface area contributed by atoms with E-state index in [9.17, 15) is 14.4 Å². The zero-order chi connectivity index (χ0) is 15.1. The molecule has 0 aliphatic heterocycles. The zero-order valence-electron chi connectivity index (χ0n) is 10.8. The molecule has 0 aliphatic rings. The van der Waals surface area contributed by atoms with E-state index in [0.717, 1.165) is 0 Å². The van der Waals surface area contributed by atoms with Crippen molar-refractivity contribution in [1.29, 1.82) is 0 Å².